The number of anilines is 1. The van der Waals surface area contributed by atoms with Crippen LogP contribution < -0.4 is 9.46 Å². The molecular formula is C28H31FN2O7S. The Morgan fingerprint density at radius 3 is 2.62 bits per heavy atom. The molecule has 2 atom stereocenters. The van der Waals surface area contributed by atoms with Crippen LogP contribution in [0.5, 0.6) is 5.75 Å². The van der Waals surface area contributed by atoms with E-state index in [9.17, 15) is 22.4 Å². The number of fused-ring (bicyclic) bond motifs is 3. The molecule has 11 heteroatoms. The van der Waals surface area contributed by atoms with Gasteiger partial charge in [0.2, 0.25) is 0 Å². The maximum Gasteiger partial charge on any atom is 0.410 e. The summed E-state index contributed by atoms with van der Waals surface area (Å²) in [6.07, 6.45) is 3.94. The predicted octanol–water partition coefficient (Wildman–Crippen LogP) is 4.79. The molecule has 0 spiro atoms. The number of hydrogen-bond donors (Lipinski definition) is 1. The molecule has 2 aromatic carbocycles. The number of methoxy groups -OCH3 is 1. The lowest BCUT2D eigenvalue weighted by atomic mass is 9.99. The Labute approximate surface area is 227 Å². The first-order chi connectivity index (χ1) is 18.4. The zero-order valence-electron chi connectivity index (χ0n) is 22.2. The summed E-state index contributed by atoms with van der Waals surface area (Å²) >= 11 is 0. The number of ether oxygens (including phenoxy) is 3. The maximum atomic E-state index is 14.1. The van der Waals surface area contributed by atoms with Gasteiger partial charge in [0.15, 0.2) is 0 Å². The minimum absolute atomic E-state index is 0.000199. The summed E-state index contributed by atoms with van der Waals surface area (Å²) in [6, 6.07) is 6.74. The second-order valence-corrected chi connectivity index (χ2v) is 12.8. The summed E-state index contributed by atoms with van der Waals surface area (Å²) in [5.41, 5.74) is 0.487. The molecule has 1 saturated heterocycles. The van der Waals surface area contributed by atoms with Gasteiger partial charge in [-0.15, -0.1) is 0 Å². The van der Waals surface area contributed by atoms with Gasteiger partial charge in [-0.2, -0.15) is 0 Å². The molecule has 9 nitrogen and oxygen atoms in total. The van der Waals surface area contributed by atoms with Crippen molar-refractivity contribution in [1.29, 1.82) is 0 Å². The molecule has 0 aromatic heterocycles. The Hall–Kier alpha value is -3.60. The number of hydrogen-bond acceptors (Lipinski definition) is 7. The van der Waals surface area contributed by atoms with Crippen LogP contribution in [0, 0.1) is 17.7 Å². The van der Waals surface area contributed by atoms with Gasteiger partial charge in [-0.05, 0) is 62.9 Å². The van der Waals surface area contributed by atoms with Gasteiger partial charge < -0.3 is 19.1 Å². The van der Waals surface area contributed by atoms with E-state index in [1.807, 2.05) is 0 Å². The molecule has 2 aliphatic heterocycles. The molecule has 3 aliphatic rings. The van der Waals surface area contributed by atoms with Gasteiger partial charge in [-0.3, -0.25) is 4.72 Å². The number of esters is 1. The highest BCUT2D eigenvalue weighted by atomic mass is 32.2. The molecule has 2 aromatic rings. The fourth-order valence-electron chi connectivity index (χ4n) is 4.86. The lowest BCUT2D eigenvalue weighted by molar-refractivity contribution is 0.00498. The largest absolute Gasteiger partial charge is 0.492 e. The third-order valence-corrected chi connectivity index (χ3v) is 8.37. The molecule has 208 valence electrons. The smallest absolute Gasteiger partial charge is 0.410 e. The topological polar surface area (TPSA) is 111 Å². The zero-order chi connectivity index (χ0) is 28.1. The number of likely N-dealkylation sites (tertiary alicyclic amines) is 1. The third-order valence-electron chi connectivity index (χ3n) is 6.96. The Kier molecular flexibility index (Phi) is 6.82. The first-order valence-corrected chi connectivity index (χ1v) is 14.2. The highest BCUT2D eigenvalue weighted by Gasteiger charge is 2.46. The van der Waals surface area contributed by atoms with E-state index in [0.29, 0.717) is 31.2 Å². The van der Waals surface area contributed by atoms with Gasteiger partial charge in [0.25, 0.3) is 10.0 Å². The standard InChI is InChI=1S/C28H31FN2O7S/c1-28(2,3)38-27(33)31-13-16(14-31)5-6-17-11-19(29)7-9-22(17)30-39(34,35)23-10-8-20-21-12-18(21)15-37-25(20)24(23)26(32)36-4/h5-11,16,18,21,30H,12-15H2,1-4H3. The average molecular weight is 559 g/mol. The van der Waals surface area contributed by atoms with Gasteiger partial charge in [-0.25, -0.2) is 22.4 Å². The van der Waals surface area contributed by atoms with Crippen LogP contribution in [0.3, 0.4) is 0 Å². The lowest BCUT2D eigenvalue weighted by Gasteiger charge is -2.38. The molecule has 1 saturated carbocycles. The molecule has 0 bridgehead atoms. The minimum Gasteiger partial charge on any atom is -0.492 e. The number of carbonyl (C=O) groups excluding carboxylic acids is 2. The number of sulfonamides is 1. The summed E-state index contributed by atoms with van der Waals surface area (Å²) in [6.45, 7) is 6.66. The Morgan fingerprint density at radius 1 is 1.18 bits per heavy atom. The van der Waals surface area contributed by atoms with Crippen LogP contribution >= 0.6 is 0 Å². The zero-order valence-corrected chi connectivity index (χ0v) is 23.0. The van der Waals surface area contributed by atoms with Crippen molar-refractivity contribution in [2.75, 3.05) is 31.5 Å². The van der Waals surface area contributed by atoms with Crippen molar-refractivity contribution in [1.82, 2.24) is 4.90 Å². The number of nitrogens with one attached hydrogen (secondary N) is 1. The average Bonchev–Trinajstić information content (AvgIpc) is 3.62. The molecule has 1 aliphatic carbocycles. The number of amides is 1. The summed E-state index contributed by atoms with van der Waals surface area (Å²) in [4.78, 5) is 26.2. The summed E-state index contributed by atoms with van der Waals surface area (Å²) < 4.78 is 59.8. The van der Waals surface area contributed by atoms with Crippen molar-refractivity contribution >= 4 is 33.8 Å². The van der Waals surface area contributed by atoms with Crippen molar-refractivity contribution in [3.8, 4) is 5.75 Å². The number of nitrogens with zero attached hydrogens (tertiary/aromatic N) is 1. The van der Waals surface area contributed by atoms with E-state index in [1.54, 1.807) is 43.9 Å². The molecule has 1 amide bonds. The van der Waals surface area contributed by atoms with E-state index >= 15 is 0 Å². The summed E-state index contributed by atoms with van der Waals surface area (Å²) in [5, 5.41) is 0. The molecule has 0 radical (unpaired) electrons. The second-order valence-electron chi connectivity index (χ2n) is 11.1. The number of benzene rings is 2. The van der Waals surface area contributed by atoms with Gasteiger partial charge in [0, 0.05) is 30.5 Å². The van der Waals surface area contributed by atoms with Crippen molar-refractivity contribution < 1.29 is 36.6 Å². The van der Waals surface area contributed by atoms with E-state index in [1.165, 1.54) is 25.3 Å². The van der Waals surface area contributed by atoms with E-state index in [-0.39, 0.29) is 33.7 Å². The molecule has 2 fully saturated rings. The number of rotatable bonds is 6. The lowest BCUT2D eigenvalue weighted by Crippen LogP contribution is -2.50. The molecule has 2 heterocycles. The second kappa shape index (κ2) is 9.86. The SMILES string of the molecule is COC(=O)c1c(S(=O)(=O)Nc2ccc(F)cc2C=CC2CN(C(=O)OC(C)(C)C)C2)ccc2c1OCC1CC21. The maximum absolute atomic E-state index is 14.1. The van der Waals surface area contributed by atoms with Crippen LogP contribution in [0.25, 0.3) is 6.08 Å². The summed E-state index contributed by atoms with van der Waals surface area (Å²) in [5.74, 6) is -0.497. The number of halogens is 1. The molecule has 1 N–H and O–H groups in total. The molecular weight excluding hydrogens is 527 g/mol. The van der Waals surface area contributed by atoms with E-state index in [2.05, 4.69) is 4.72 Å². The van der Waals surface area contributed by atoms with E-state index < -0.39 is 33.5 Å². The van der Waals surface area contributed by atoms with E-state index in [0.717, 1.165) is 18.1 Å². The monoisotopic (exact) mass is 558 g/mol. The van der Waals surface area contributed by atoms with Crippen LogP contribution in [0.15, 0.2) is 41.3 Å². The van der Waals surface area contributed by atoms with Gasteiger partial charge in [-0.1, -0.05) is 18.2 Å². The minimum atomic E-state index is -4.30. The van der Waals surface area contributed by atoms with Crippen molar-refractivity contribution in [3.63, 3.8) is 0 Å². The highest BCUT2D eigenvalue weighted by Crippen LogP contribution is 2.55. The predicted molar refractivity (Wildman–Crippen MR) is 142 cm³/mol. The third kappa shape index (κ3) is 5.59. The highest BCUT2D eigenvalue weighted by molar-refractivity contribution is 7.92. The van der Waals surface area contributed by atoms with Crippen molar-refractivity contribution in [3.05, 3.63) is 58.9 Å². The van der Waals surface area contributed by atoms with Crippen LogP contribution in [-0.2, 0) is 19.5 Å². The Morgan fingerprint density at radius 2 is 1.92 bits per heavy atom. The Bertz CT molecular complexity index is 1460. The fraction of sp³-hybridized carbons (Fsp3) is 0.429. The number of carbonyl (C=O) groups is 2. The van der Waals surface area contributed by atoms with Crippen molar-refractivity contribution in [2.24, 2.45) is 11.8 Å². The Balaban J connectivity index is 1.37. The molecule has 39 heavy (non-hydrogen) atoms. The molecule has 5 rings (SSSR count). The molecule has 2 unspecified atom stereocenters. The first-order valence-electron chi connectivity index (χ1n) is 12.7. The fourth-order valence-corrected chi connectivity index (χ4v) is 6.14. The van der Waals surface area contributed by atoms with Gasteiger partial charge in [0.05, 0.1) is 19.4 Å². The quantitative estimate of drug-likeness (QED) is 0.508. The van der Waals surface area contributed by atoms with Crippen molar-refractivity contribution in [2.45, 2.75) is 43.6 Å². The summed E-state index contributed by atoms with van der Waals surface area (Å²) in [7, 11) is -3.11. The van der Waals surface area contributed by atoms with E-state index in [4.69, 9.17) is 14.2 Å². The van der Waals surface area contributed by atoms with Gasteiger partial charge >= 0.3 is 12.1 Å². The first kappa shape index (κ1) is 27.0. The van der Waals surface area contributed by atoms with Crippen LogP contribution in [-0.4, -0.2) is 57.8 Å². The normalized spacial score (nSPS) is 20.4. The van der Waals surface area contributed by atoms with Gasteiger partial charge in [0.1, 0.15) is 27.6 Å². The van der Waals surface area contributed by atoms with Crippen LogP contribution in [0.1, 0.15) is 54.6 Å². The van der Waals surface area contributed by atoms with Crippen LogP contribution in [0.2, 0.25) is 0 Å². The van der Waals surface area contributed by atoms with Crippen LogP contribution in [0.4, 0.5) is 14.9 Å².